The molecule has 0 N–H and O–H groups in total. The molecule has 1 aliphatic carbocycles. The third kappa shape index (κ3) is 4.74. The lowest BCUT2D eigenvalue weighted by Gasteiger charge is -2.37. The second kappa shape index (κ2) is 8.72. The minimum atomic E-state index is -0.437. The molecule has 98 valence electrons. The number of hydrogen-bond donors (Lipinski definition) is 0. The van der Waals surface area contributed by atoms with E-state index >= 15 is 0 Å². The lowest BCUT2D eigenvalue weighted by atomic mass is 9.97. The predicted molar refractivity (Wildman–Crippen MR) is 74.1 cm³/mol. The van der Waals surface area contributed by atoms with E-state index in [0.717, 1.165) is 0 Å². The summed E-state index contributed by atoms with van der Waals surface area (Å²) in [5.74, 6) is 0. The van der Waals surface area contributed by atoms with Gasteiger partial charge < -0.3 is 0 Å². The van der Waals surface area contributed by atoms with Crippen LogP contribution < -0.4 is 0 Å². The predicted octanol–water partition coefficient (Wildman–Crippen LogP) is 5.01. The van der Waals surface area contributed by atoms with E-state index in [-0.39, 0.29) is 6.67 Å². The van der Waals surface area contributed by atoms with Gasteiger partial charge in [0, 0.05) is 0 Å². The standard InChI is InChI=1S/C6H6Cl6.C3H7F/c7-1-2(8)4(10)6(12)5(11)3(1)9;1-2-3-4/h1-6H;2-3H2,1H3. The first-order chi connectivity index (χ1) is 7.38. The Labute approximate surface area is 126 Å². The molecule has 0 bridgehead atoms. The second-order valence-corrected chi connectivity index (χ2v) is 6.38. The van der Waals surface area contributed by atoms with Crippen LogP contribution in [0.3, 0.4) is 0 Å². The average molecular weight is 353 g/mol. The third-order valence-corrected chi connectivity index (χ3v) is 6.05. The first-order valence-corrected chi connectivity index (χ1v) is 7.40. The molecule has 0 heterocycles. The summed E-state index contributed by atoms with van der Waals surface area (Å²) in [4.78, 5) is 0. The molecule has 1 aliphatic rings. The molecule has 0 atom stereocenters. The Hall–Kier alpha value is 1.67. The maximum atomic E-state index is 10.7. The van der Waals surface area contributed by atoms with Crippen molar-refractivity contribution < 1.29 is 4.39 Å². The summed E-state index contributed by atoms with van der Waals surface area (Å²) in [6.07, 6.45) is 0.653. The fourth-order valence-electron chi connectivity index (χ4n) is 1.05. The van der Waals surface area contributed by atoms with Gasteiger partial charge in [-0.3, -0.25) is 4.39 Å². The quantitative estimate of drug-likeness (QED) is 0.582. The van der Waals surface area contributed by atoms with Crippen LogP contribution in [0, 0.1) is 0 Å². The van der Waals surface area contributed by atoms with Gasteiger partial charge in [0.15, 0.2) is 0 Å². The topological polar surface area (TPSA) is 0 Å². The molecule has 0 spiro atoms. The molecule has 0 aromatic rings. The van der Waals surface area contributed by atoms with E-state index in [1.165, 1.54) is 0 Å². The zero-order chi connectivity index (χ0) is 12.9. The lowest BCUT2D eigenvalue weighted by Crippen LogP contribution is -2.52. The lowest BCUT2D eigenvalue weighted by molar-refractivity contribution is 0.487. The number of halogens is 7. The number of hydrogen-bond acceptors (Lipinski definition) is 0. The summed E-state index contributed by atoms with van der Waals surface area (Å²) >= 11 is 35.3. The Morgan fingerprint density at radius 1 is 0.688 bits per heavy atom. The maximum absolute atomic E-state index is 10.7. The van der Waals surface area contributed by atoms with Gasteiger partial charge in [0.1, 0.15) is 0 Å². The van der Waals surface area contributed by atoms with E-state index < -0.39 is 32.3 Å². The molecule has 7 heteroatoms. The van der Waals surface area contributed by atoms with Gasteiger partial charge in [-0.15, -0.1) is 69.6 Å². The van der Waals surface area contributed by atoms with Gasteiger partial charge in [0.2, 0.25) is 0 Å². The molecule has 0 amide bonds. The van der Waals surface area contributed by atoms with Gasteiger partial charge in [-0.2, -0.15) is 0 Å². The highest BCUT2D eigenvalue weighted by Crippen LogP contribution is 2.39. The Balaban J connectivity index is 0.000000487. The van der Waals surface area contributed by atoms with Crippen LogP contribution in [0.5, 0.6) is 0 Å². The highest BCUT2D eigenvalue weighted by atomic mass is 35.5. The monoisotopic (exact) mass is 350 g/mol. The van der Waals surface area contributed by atoms with Crippen molar-refractivity contribution in [1.29, 1.82) is 0 Å². The second-order valence-electron chi connectivity index (χ2n) is 3.36. The van der Waals surface area contributed by atoms with Crippen LogP contribution in [0.2, 0.25) is 0 Å². The Kier molecular flexibility index (Phi) is 9.63. The largest absolute Gasteiger partial charge is 0.251 e. The van der Waals surface area contributed by atoms with Crippen molar-refractivity contribution in [2.45, 2.75) is 45.6 Å². The molecular formula is C9H13Cl6F. The molecule has 0 aromatic carbocycles. The van der Waals surface area contributed by atoms with Gasteiger partial charge in [-0.1, -0.05) is 6.92 Å². The summed E-state index contributed by atoms with van der Waals surface area (Å²) < 4.78 is 10.7. The van der Waals surface area contributed by atoms with E-state index in [1.807, 2.05) is 0 Å². The molecule has 0 nitrogen and oxygen atoms in total. The average Bonchev–Trinajstić information content (AvgIpc) is 2.31. The molecule has 0 radical (unpaired) electrons. The van der Waals surface area contributed by atoms with Crippen LogP contribution >= 0.6 is 69.6 Å². The van der Waals surface area contributed by atoms with Crippen LogP contribution in [0.1, 0.15) is 13.3 Å². The maximum Gasteiger partial charge on any atom is 0.0891 e. The molecule has 0 aliphatic heterocycles. The van der Waals surface area contributed by atoms with Gasteiger partial charge >= 0.3 is 0 Å². The Morgan fingerprint density at radius 2 is 0.812 bits per heavy atom. The summed E-state index contributed by atoms with van der Waals surface area (Å²) in [7, 11) is 0. The smallest absolute Gasteiger partial charge is 0.0891 e. The minimum absolute atomic E-state index is 0.181. The van der Waals surface area contributed by atoms with E-state index in [1.54, 1.807) is 6.92 Å². The van der Waals surface area contributed by atoms with Crippen molar-refractivity contribution in [2.24, 2.45) is 0 Å². The summed E-state index contributed by atoms with van der Waals surface area (Å²) in [5, 5.41) is -2.62. The molecular weight excluding hydrogens is 340 g/mol. The Bertz CT molecular complexity index is 132. The van der Waals surface area contributed by atoms with Crippen molar-refractivity contribution in [2.75, 3.05) is 6.67 Å². The number of alkyl halides is 7. The van der Waals surface area contributed by atoms with Crippen LogP contribution in [-0.2, 0) is 0 Å². The molecule has 1 rings (SSSR count). The van der Waals surface area contributed by atoms with E-state index in [2.05, 4.69) is 0 Å². The summed E-state index contributed by atoms with van der Waals surface area (Å²) in [6.45, 7) is 1.62. The van der Waals surface area contributed by atoms with Crippen molar-refractivity contribution in [3.8, 4) is 0 Å². The molecule has 1 saturated carbocycles. The molecule has 1 fully saturated rings. The van der Waals surface area contributed by atoms with Crippen LogP contribution in [0.4, 0.5) is 4.39 Å². The van der Waals surface area contributed by atoms with Crippen LogP contribution in [0.15, 0.2) is 0 Å². The van der Waals surface area contributed by atoms with Crippen molar-refractivity contribution in [1.82, 2.24) is 0 Å². The van der Waals surface area contributed by atoms with Gasteiger partial charge in [0.05, 0.1) is 38.9 Å². The van der Waals surface area contributed by atoms with Crippen molar-refractivity contribution in [3.05, 3.63) is 0 Å². The van der Waals surface area contributed by atoms with Crippen LogP contribution in [-0.4, -0.2) is 38.9 Å². The SMILES string of the molecule is CCCF.ClC1C(Cl)C(Cl)C(Cl)C(Cl)C1Cl. The molecule has 0 aromatic heterocycles. The molecule has 16 heavy (non-hydrogen) atoms. The zero-order valence-corrected chi connectivity index (χ0v) is 13.1. The number of rotatable bonds is 1. The van der Waals surface area contributed by atoms with Gasteiger partial charge in [0.25, 0.3) is 0 Å². The molecule has 0 saturated heterocycles. The van der Waals surface area contributed by atoms with E-state index in [4.69, 9.17) is 69.6 Å². The van der Waals surface area contributed by atoms with Gasteiger partial charge in [-0.05, 0) is 6.42 Å². The molecule has 0 unspecified atom stereocenters. The first kappa shape index (κ1) is 17.7. The Morgan fingerprint density at radius 3 is 0.875 bits per heavy atom. The highest BCUT2D eigenvalue weighted by Gasteiger charge is 2.46. The van der Waals surface area contributed by atoms with E-state index in [9.17, 15) is 4.39 Å². The van der Waals surface area contributed by atoms with E-state index in [0.29, 0.717) is 6.42 Å². The zero-order valence-electron chi connectivity index (χ0n) is 8.52. The summed E-state index contributed by atoms with van der Waals surface area (Å²) in [6, 6.07) is 0. The third-order valence-electron chi connectivity index (χ3n) is 2.01. The fraction of sp³-hybridized carbons (Fsp3) is 1.00. The highest BCUT2D eigenvalue weighted by molar-refractivity contribution is 6.45. The fourth-order valence-corrected chi connectivity index (χ4v) is 3.38. The first-order valence-electron chi connectivity index (χ1n) is 4.78. The summed E-state index contributed by atoms with van der Waals surface area (Å²) in [5.41, 5.74) is 0. The minimum Gasteiger partial charge on any atom is -0.251 e. The van der Waals surface area contributed by atoms with Crippen LogP contribution in [0.25, 0.3) is 0 Å². The normalized spacial score (nSPS) is 43.5. The van der Waals surface area contributed by atoms with Crippen molar-refractivity contribution in [3.63, 3.8) is 0 Å². The van der Waals surface area contributed by atoms with Crippen molar-refractivity contribution >= 4 is 69.6 Å². The van der Waals surface area contributed by atoms with Gasteiger partial charge in [-0.25, -0.2) is 0 Å².